The van der Waals surface area contributed by atoms with Crippen LogP contribution in [0.25, 0.3) is 0 Å². The summed E-state index contributed by atoms with van der Waals surface area (Å²) in [6.45, 7) is 1.36. The van der Waals surface area contributed by atoms with Gasteiger partial charge in [-0.25, -0.2) is 9.18 Å². The fourth-order valence-corrected chi connectivity index (χ4v) is 1.88. The summed E-state index contributed by atoms with van der Waals surface area (Å²) in [7, 11) is 1.36. The van der Waals surface area contributed by atoms with Crippen molar-refractivity contribution in [3.05, 3.63) is 39.2 Å². The van der Waals surface area contributed by atoms with Crippen LogP contribution in [0.2, 0.25) is 0 Å². The van der Waals surface area contributed by atoms with E-state index in [9.17, 15) is 24.1 Å². The molecule has 1 rings (SSSR count). The number of nitro groups is 1. The molecule has 120 valence electrons. The number of ether oxygens (including phenoxy) is 1. The van der Waals surface area contributed by atoms with E-state index in [-0.39, 0.29) is 18.6 Å². The Kier molecular flexibility index (Phi) is 5.93. The number of aliphatic carboxylic acids is 1. The molecule has 0 aliphatic heterocycles. The Morgan fingerprint density at radius 1 is 1.50 bits per heavy atom. The number of carboxylic acid groups (broad SMARTS) is 1. The Hall–Kier alpha value is -2.55. The number of aryl methyl sites for hydroxylation is 1. The summed E-state index contributed by atoms with van der Waals surface area (Å²) in [5.41, 5.74) is -1.11. The van der Waals surface area contributed by atoms with Crippen molar-refractivity contribution in [2.24, 2.45) is 0 Å². The van der Waals surface area contributed by atoms with E-state index < -0.39 is 39.9 Å². The summed E-state index contributed by atoms with van der Waals surface area (Å²) in [4.78, 5) is 33.3. The Morgan fingerprint density at radius 2 is 2.14 bits per heavy atom. The zero-order valence-electron chi connectivity index (χ0n) is 12.0. The number of carboxylic acids is 1. The van der Waals surface area contributed by atoms with Gasteiger partial charge in [-0.3, -0.25) is 14.9 Å². The third kappa shape index (κ3) is 4.22. The number of carbonyl (C=O) groups excluding carboxylic acids is 1. The maximum atomic E-state index is 13.4. The molecule has 0 bridgehead atoms. The van der Waals surface area contributed by atoms with Crippen LogP contribution >= 0.6 is 0 Å². The van der Waals surface area contributed by atoms with E-state index in [1.807, 2.05) is 0 Å². The fourth-order valence-electron chi connectivity index (χ4n) is 1.88. The average Bonchev–Trinajstić information content (AvgIpc) is 2.41. The number of hydrogen-bond acceptors (Lipinski definition) is 5. The van der Waals surface area contributed by atoms with Crippen LogP contribution in [-0.4, -0.2) is 41.7 Å². The number of nitrogens with one attached hydrogen (secondary N) is 1. The highest BCUT2D eigenvalue weighted by Crippen LogP contribution is 2.24. The number of nitrogens with zero attached hydrogens (tertiary/aromatic N) is 1. The zero-order chi connectivity index (χ0) is 16.9. The molecule has 0 heterocycles. The first-order valence-corrected chi connectivity index (χ1v) is 6.25. The minimum Gasteiger partial charge on any atom is -0.480 e. The van der Waals surface area contributed by atoms with E-state index in [0.717, 1.165) is 6.07 Å². The predicted octanol–water partition coefficient (Wildman–Crippen LogP) is 1.26. The van der Waals surface area contributed by atoms with Crippen molar-refractivity contribution < 1.29 is 28.7 Å². The average molecular weight is 314 g/mol. The Bertz CT molecular complexity index is 604. The Balaban J connectivity index is 3.11. The fraction of sp³-hybridized carbons (Fsp3) is 0.385. The van der Waals surface area contributed by atoms with Crippen molar-refractivity contribution in [3.8, 4) is 0 Å². The van der Waals surface area contributed by atoms with Crippen LogP contribution < -0.4 is 5.32 Å². The topological polar surface area (TPSA) is 119 Å². The van der Waals surface area contributed by atoms with Gasteiger partial charge in [-0.15, -0.1) is 0 Å². The number of benzene rings is 1. The zero-order valence-corrected chi connectivity index (χ0v) is 12.0. The molecule has 1 aromatic rings. The minimum absolute atomic E-state index is 0.0281. The number of halogens is 1. The monoisotopic (exact) mass is 314 g/mol. The molecule has 0 saturated heterocycles. The second-order valence-corrected chi connectivity index (χ2v) is 4.52. The number of carbonyl (C=O) groups is 2. The van der Waals surface area contributed by atoms with E-state index in [0.29, 0.717) is 6.07 Å². The van der Waals surface area contributed by atoms with Crippen molar-refractivity contribution in [2.75, 3.05) is 13.7 Å². The summed E-state index contributed by atoms with van der Waals surface area (Å²) in [6, 6.07) is 0.333. The first kappa shape index (κ1) is 17.5. The lowest BCUT2D eigenvalue weighted by Crippen LogP contribution is -2.41. The third-order valence-electron chi connectivity index (χ3n) is 2.91. The highest BCUT2D eigenvalue weighted by Gasteiger charge is 2.27. The van der Waals surface area contributed by atoms with Gasteiger partial charge in [0.15, 0.2) is 0 Å². The molecule has 0 spiro atoms. The maximum absolute atomic E-state index is 13.4. The summed E-state index contributed by atoms with van der Waals surface area (Å²) in [6.07, 6.45) is -0.0281. The van der Waals surface area contributed by atoms with Gasteiger partial charge < -0.3 is 15.2 Å². The van der Waals surface area contributed by atoms with E-state index >= 15 is 0 Å². The van der Waals surface area contributed by atoms with Crippen LogP contribution in [-0.2, 0) is 9.53 Å². The number of hydrogen-bond donors (Lipinski definition) is 2. The molecule has 0 fully saturated rings. The van der Waals surface area contributed by atoms with Crippen LogP contribution in [0, 0.1) is 22.9 Å². The summed E-state index contributed by atoms with van der Waals surface area (Å²) >= 11 is 0. The quantitative estimate of drug-likeness (QED) is 0.577. The van der Waals surface area contributed by atoms with Gasteiger partial charge >= 0.3 is 5.97 Å². The van der Waals surface area contributed by atoms with Gasteiger partial charge in [-0.2, -0.15) is 0 Å². The summed E-state index contributed by atoms with van der Waals surface area (Å²) < 4.78 is 18.1. The molecule has 1 aromatic carbocycles. The summed E-state index contributed by atoms with van der Waals surface area (Å²) in [5.74, 6) is -3.17. The SMILES string of the molecule is COCCC(NC(=O)c1cc(F)cc(C)c1[N+](=O)[O-])C(=O)O. The van der Waals surface area contributed by atoms with Gasteiger partial charge in [0.25, 0.3) is 11.6 Å². The van der Waals surface area contributed by atoms with Crippen molar-refractivity contribution >= 4 is 17.6 Å². The highest BCUT2D eigenvalue weighted by molar-refractivity contribution is 6.00. The molecular formula is C13H15FN2O6. The molecular weight excluding hydrogens is 299 g/mol. The largest absolute Gasteiger partial charge is 0.480 e. The molecule has 8 nitrogen and oxygen atoms in total. The second-order valence-electron chi connectivity index (χ2n) is 4.52. The number of rotatable bonds is 7. The van der Waals surface area contributed by atoms with Gasteiger partial charge in [0, 0.05) is 25.7 Å². The molecule has 22 heavy (non-hydrogen) atoms. The molecule has 9 heteroatoms. The van der Waals surface area contributed by atoms with Crippen molar-refractivity contribution in [1.29, 1.82) is 0 Å². The second kappa shape index (κ2) is 7.46. The van der Waals surface area contributed by atoms with E-state index in [1.54, 1.807) is 0 Å². The molecule has 1 atom stereocenters. The van der Waals surface area contributed by atoms with E-state index in [1.165, 1.54) is 14.0 Å². The first-order valence-electron chi connectivity index (χ1n) is 6.25. The first-order chi connectivity index (χ1) is 10.3. The Morgan fingerprint density at radius 3 is 2.64 bits per heavy atom. The van der Waals surface area contributed by atoms with Gasteiger partial charge in [-0.1, -0.05) is 0 Å². The molecule has 0 radical (unpaired) electrons. The Labute approximate surface area is 125 Å². The standard InChI is InChI=1S/C13H15FN2O6/c1-7-5-8(14)6-9(11(7)16(20)21)12(17)15-10(13(18)19)3-4-22-2/h5-6,10H,3-4H2,1-2H3,(H,15,17)(H,18,19). The minimum atomic E-state index is -1.32. The highest BCUT2D eigenvalue weighted by atomic mass is 19.1. The number of methoxy groups -OCH3 is 1. The van der Waals surface area contributed by atoms with Gasteiger partial charge in [0.05, 0.1) is 4.92 Å². The molecule has 0 saturated carbocycles. The van der Waals surface area contributed by atoms with Gasteiger partial charge in [-0.05, 0) is 19.1 Å². The van der Waals surface area contributed by atoms with Crippen molar-refractivity contribution in [3.63, 3.8) is 0 Å². The van der Waals surface area contributed by atoms with Crippen LogP contribution in [0.4, 0.5) is 10.1 Å². The number of nitro benzene ring substituents is 1. The van der Waals surface area contributed by atoms with Crippen LogP contribution in [0.3, 0.4) is 0 Å². The lowest BCUT2D eigenvalue weighted by Gasteiger charge is -2.14. The van der Waals surface area contributed by atoms with Crippen molar-refractivity contribution in [1.82, 2.24) is 5.32 Å². The lowest BCUT2D eigenvalue weighted by atomic mass is 10.1. The molecule has 1 amide bonds. The number of amides is 1. The molecule has 0 aliphatic rings. The summed E-state index contributed by atoms with van der Waals surface area (Å²) in [5, 5.41) is 22.1. The molecule has 2 N–H and O–H groups in total. The van der Waals surface area contributed by atoms with E-state index in [2.05, 4.69) is 5.32 Å². The van der Waals surface area contributed by atoms with Crippen LogP contribution in [0.5, 0.6) is 0 Å². The van der Waals surface area contributed by atoms with Crippen LogP contribution in [0.15, 0.2) is 12.1 Å². The van der Waals surface area contributed by atoms with E-state index in [4.69, 9.17) is 9.84 Å². The van der Waals surface area contributed by atoms with Gasteiger partial charge in [0.2, 0.25) is 0 Å². The molecule has 0 aromatic heterocycles. The maximum Gasteiger partial charge on any atom is 0.326 e. The predicted molar refractivity (Wildman–Crippen MR) is 73.2 cm³/mol. The van der Waals surface area contributed by atoms with Crippen molar-refractivity contribution in [2.45, 2.75) is 19.4 Å². The molecule has 1 unspecified atom stereocenters. The van der Waals surface area contributed by atoms with Gasteiger partial charge in [0.1, 0.15) is 17.4 Å². The third-order valence-corrected chi connectivity index (χ3v) is 2.91. The normalized spacial score (nSPS) is 11.8. The molecule has 0 aliphatic carbocycles. The lowest BCUT2D eigenvalue weighted by molar-refractivity contribution is -0.385. The van der Waals surface area contributed by atoms with Crippen LogP contribution in [0.1, 0.15) is 22.3 Å². The smallest absolute Gasteiger partial charge is 0.326 e.